The SMILES string of the molecule is COCCN(c1ncc(Br)cn1)C1CCC(C)C1. The first-order chi connectivity index (χ1) is 8.70. The Labute approximate surface area is 117 Å². The molecular formula is C13H20BrN3O. The van der Waals surface area contributed by atoms with E-state index in [9.17, 15) is 0 Å². The molecule has 0 spiro atoms. The van der Waals surface area contributed by atoms with E-state index in [1.807, 2.05) is 0 Å². The molecule has 1 saturated carbocycles. The highest BCUT2D eigenvalue weighted by Crippen LogP contribution is 2.30. The summed E-state index contributed by atoms with van der Waals surface area (Å²) in [4.78, 5) is 11.1. The number of hydrogen-bond acceptors (Lipinski definition) is 4. The predicted molar refractivity (Wildman–Crippen MR) is 75.8 cm³/mol. The maximum absolute atomic E-state index is 5.20. The lowest BCUT2D eigenvalue weighted by molar-refractivity contribution is 0.202. The summed E-state index contributed by atoms with van der Waals surface area (Å²) in [5.41, 5.74) is 0. The molecule has 0 N–H and O–H groups in total. The third-order valence-corrected chi connectivity index (χ3v) is 3.92. The van der Waals surface area contributed by atoms with Gasteiger partial charge in [-0.05, 0) is 41.1 Å². The van der Waals surface area contributed by atoms with Crippen molar-refractivity contribution < 1.29 is 4.74 Å². The van der Waals surface area contributed by atoms with E-state index in [2.05, 4.69) is 37.7 Å². The molecule has 2 atom stereocenters. The van der Waals surface area contributed by atoms with Crippen molar-refractivity contribution in [3.63, 3.8) is 0 Å². The van der Waals surface area contributed by atoms with Crippen molar-refractivity contribution >= 4 is 21.9 Å². The van der Waals surface area contributed by atoms with E-state index in [1.165, 1.54) is 19.3 Å². The normalized spacial score (nSPS) is 23.3. The van der Waals surface area contributed by atoms with Crippen molar-refractivity contribution in [1.29, 1.82) is 0 Å². The van der Waals surface area contributed by atoms with Crippen molar-refractivity contribution in [2.24, 2.45) is 5.92 Å². The molecule has 18 heavy (non-hydrogen) atoms. The summed E-state index contributed by atoms with van der Waals surface area (Å²) in [7, 11) is 1.73. The Balaban J connectivity index is 2.11. The highest BCUT2D eigenvalue weighted by atomic mass is 79.9. The van der Waals surface area contributed by atoms with Crippen LogP contribution < -0.4 is 4.90 Å². The van der Waals surface area contributed by atoms with Gasteiger partial charge in [-0.1, -0.05) is 6.92 Å². The van der Waals surface area contributed by atoms with E-state index in [-0.39, 0.29) is 0 Å². The maximum atomic E-state index is 5.20. The number of nitrogens with zero attached hydrogens (tertiary/aromatic N) is 3. The molecule has 5 heteroatoms. The molecule has 0 amide bonds. The minimum absolute atomic E-state index is 0.552. The fourth-order valence-electron chi connectivity index (χ4n) is 2.55. The largest absolute Gasteiger partial charge is 0.383 e. The molecule has 0 radical (unpaired) electrons. The molecule has 0 aliphatic heterocycles. The molecule has 100 valence electrons. The molecule has 1 heterocycles. The fourth-order valence-corrected chi connectivity index (χ4v) is 2.75. The zero-order chi connectivity index (χ0) is 13.0. The van der Waals surface area contributed by atoms with Crippen LogP contribution in [0.25, 0.3) is 0 Å². The molecule has 1 aromatic heterocycles. The van der Waals surface area contributed by atoms with Gasteiger partial charge in [0, 0.05) is 32.1 Å². The zero-order valence-electron chi connectivity index (χ0n) is 11.0. The molecule has 2 unspecified atom stereocenters. The van der Waals surface area contributed by atoms with Gasteiger partial charge in [0.2, 0.25) is 5.95 Å². The molecule has 2 rings (SSSR count). The summed E-state index contributed by atoms with van der Waals surface area (Å²) in [5, 5.41) is 0. The Bertz CT molecular complexity index is 371. The average Bonchev–Trinajstić information content (AvgIpc) is 2.78. The second-order valence-electron chi connectivity index (χ2n) is 4.96. The fraction of sp³-hybridized carbons (Fsp3) is 0.692. The van der Waals surface area contributed by atoms with Crippen LogP contribution in [0, 0.1) is 5.92 Å². The molecule has 4 nitrogen and oxygen atoms in total. The van der Waals surface area contributed by atoms with Crippen LogP contribution in [0.4, 0.5) is 5.95 Å². The van der Waals surface area contributed by atoms with Crippen LogP contribution in [-0.2, 0) is 4.74 Å². The first kappa shape index (κ1) is 13.7. The number of rotatable bonds is 5. The first-order valence-electron chi connectivity index (χ1n) is 6.44. The Morgan fingerprint density at radius 1 is 1.39 bits per heavy atom. The molecule has 0 aromatic carbocycles. The van der Waals surface area contributed by atoms with Gasteiger partial charge in [-0.15, -0.1) is 0 Å². The van der Waals surface area contributed by atoms with E-state index in [1.54, 1.807) is 19.5 Å². The minimum Gasteiger partial charge on any atom is -0.383 e. The Morgan fingerprint density at radius 2 is 2.11 bits per heavy atom. The third kappa shape index (κ3) is 3.42. The summed E-state index contributed by atoms with van der Waals surface area (Å²) in [6.45, 7) is 3.89. The molecular weight excluding hydrogens is 294 g/mol. The van der Waals surface area contributed by atoms with Gasteiger partial charge < -0.3 is 9.64 Å². The van der Waals surface area contributed by atoms with Crippen LogP contribution in [0.15, 0.2) is 16.9 Å². The van der Waals surface area contributed by atoms with Crippen LogP contribution in [-0.4, -0.2) is 36.3 Å². The number of methoxy groups -OCH3 is 1. The van der Waals surface area contributed by atoms with Crippen LogP contribution >= 0.6 is 15.9 Å². The molecule has 0 bridgehead atoms. The standard InChI is InChI=1S/C13H20BrN3O/c1-10-3-4-12(7-10)17(5-6-18-2)13-15-8-11(14)9-16-13/h8-10,12H,3-7H2,1-2H3. The summed E-state index contributed by atoms with van der Waals surface area (Å²) in [6.07, 6.45) is 7.36. The third-order valence-electron chi connectivity index (χ3n) is 3.51. The van der Waals surface area contributed by atoms with Gasteiger partial charge in [0.1, 0.15) is 0 Å². The van der Waals surface area contributed by atoms with E-state index in [0.29, 0.717) is 12.6 Å². The van der Waals surface area contributed by atoms with Crippen molar-refractivity contribution in [2.75, 3.05) is 25.2 Å². The van der Waals surface area contributed by atoms with Crippen LogP contribution in [0.2, 0.25) is 0 Å². The highest BCUT2D eigenvalue weighted by molar-refractivity contribution is 9.10. The van der Waals surface area contributed by atoms with Gasteiger partial charge in [0.25, 0.3) is 0 Å². The summed E-state index contributed by atoms with van der Waals surface area (Å²) in [5.74, 6) is 1.62. The monoisotopic (exact) mass is 313 g/mol. The van der Waals surface area contributed by atoms with E-state index in [4.69, 9.17) is 4.74 Å². The van der Waals surface area contributed by atoms with Crippen molar-refractivity contribution in [2.45, 2.75) is 32.2 Å². The van der Waals surface area contributed by atoms with E-state index < -0.39 is 0 Å². The quantitative estimate of drug-likeness (QED) is 0.838. The number of ether oxygens (including phenoxy) is 1. The van der Waals surface area contributed by atoms with Crippen molar-refractivity contribution in [3.8, 4) is 0 Å². The number of hydrogen-bond donors (Lipinski definition) is 0. The van der Waals surface area contributed by atoms with Crippen LogP contribution in [0.5, 0.6) is 0 Å². The second-order valence-corrected chi connectivity index (χ2v) is 5.88. The van der Waals surface area contributed by atoms with Gasteiger partial charge >= 0.3 is 0 Å². The molecule has 1 fully saturated rings. The average molecular weight is 314 g/mol. The summed E-state index contributed by atoms with van der Waals surface area (Å²) >= 11 is 3.37. The number of aromatic nitrogens is 2. The second kappa shape index (κ2) is 6.48. The van der Waals surface area contributed by atoms with Gasteiger partial charge in [-0.2, -0.15) is 0 Å². The maximum Gasteiger partial charge on any atom is 0.225 e. The smallest absolute Gasteiger partial charge is 0.225 e. The topological polar surface area (TPSA) is 38.2 Å². The lowest BCUT2D eigenvalue weighted by Crippen LogP contribution is -2.37. The highest BCUT2D eigenvalue weighted by Gasteiger charge is 2.28. The van der Waals surface area contributed by atoms with E-state index in [0.717, 1.165) is 22.9 Å². The molecule has 1 aliphatic rings. The summed E-state index contributed by atoms with van der Waals surface area (Å²) < 4.78 is 6.11. The van der Waals surface area contributed by atoms with Gasteiger partial charge in [0.15, 0.2) is 0 Å². The Hall–Kier alpha value is -0.680. The molecule has 1 aromatic rings. The minimum atomic E-state index is 0.552. The van der Waals surface area contributed by atoms with Gasteiger partial charge in [-0.25, -0.2) is 9.97 Å². The Kier molecular flexibility index (Phi) is 4.95. The van der Waals surface area contributed by atoms with Gasteiger partial charge in [-0.3, -0.25) is 0 Å². The van der Waals surface area contributed by atoms with Crippen LogP contribution in [0.3, 0.4) is 0 Å². The van der Waals surface area contributed by atoms with E-state index >= 15 is 0 Å². The summed E-state index contributed by atoms with van der Waals surface area (Å²) in [6, 6.07) is 0.552. The van der Waals surface area contributed by atoms with Crippen molar-refractivity contribution in [1.82, 2.24) is 9.97 Å². The molecule has 1 aliphatic carbocycles. The van der Waals surface area contributed by atoms with Crippen LogP contribution in [0.1, 0.15) is 26.2 Å². The lowest BCUT2D eigenvalue weighted by Gasteiger charge is -2.28. The Morgan fingerprint density at radius 3 is 2.67 bits per heavy atom. The number of halogens is 1. The molecule has 0 saturated heterocycles. The number of anilines is 1. The predicted octanol–water partition coefficient (Wildman–Crippen LogP) is 2.88. The van der Waals surface area contributed by atoms with Gasteiger partial charge in [0.05, 0.1) is 11.1 Å². The lowest BCUT2D eigenvalue weighted by atomic mass is 10.1. The first-order valence-corrected chi connectivity index (χ1v) is 7.23. The zero-order valence-corrected chi connectivity index (χ0v) is 12.6. The van der Waals surface area contributed by atoms with Crippen molar-refractivity contribution in [3.05, 3.63) is 16.9 Å².